The molecule has 3 N–H and O–H groups in total. The first-order chi connectivity index (χ1) is 11.0. The molecule has 0 saturated heterocycles. The normalized spacial score (nSPS) is 20.5. The van der Waals surface area contributed by atoms with Crippen LogP contribution in [0.25, 0.3) is 0 Å². The first-order valence-corrected chi connectivity index (χ1v) is 7.54. The maximum absolute atomic E-state index is 12.6. The van der Waals surface area contributed by atoms with E-state index >= 15 is 0 Å². The van der Waals surface area contributed by atoms with Crippen LogP contribution in [0.15, 0.2) is 39.4 Å². The van der Waals surface area contributed by atoms with Crippen LogP contribution in [0.1, 0.15) is 29.3 Å². The van der Waals surface area contributed by atoms with Crippen LogP contribution in [-0.4, -0.2) is 23.6 Å². The fraction of sp³-hybridized carbons (Fsp3) is 0.267. The van der Waals surface area contributed by atoms with Crippen molar-refractivity contribution < 1.29 is 22.8 Å². The maximum Gasteiger partial charge on any atom is 0.416 e. The molecule has 2 rings (SSSR count). The average Bonchev–Trinajstić information content (AvgIpc) is 2.46. The quantitative estimate of drug-likeness (QED) is 0.812. The molecule has 0 saturated carbocycles. The van der Waals surface area contributed by atoms with Gasteiger partial charge in [0.1, 0.15) is 5.54 Å². The number of hydrogen-bond acceptors (Lipinski definition) is 3. The summed E-state index contributed by atoms with van der Waals surface area (Å²) in [5.41, 5.74) is 3.67. The van der Waals surface area contributed by atoms with Crippen LogP contribution in [0.3, 0.4) is 0 Å². The lowest BCUT2D eigenvalue weighted by Crippen LogP contribution is -2.43. The van der Waals surface area contributed by atoms with E-state index in [0.717, 1.165) is 18.2 Å². The van der Waals surface area contributed by atoms with Gasteiger partial charge in [0.15, 0.2) is 0 Å². The minimum atomic E-state index is -4.50. The largest absolute Gasteiger partial charge is 0.416 e. The van der Waals surface area contributed by atoms with Gasteiger partial charge in [-0.15, -0.1) is 0 Å². The van der Waals surface area contributed by atoms with E-state index in [0.29, 0.717) is 5.70 Å². The summed E-state index contributed by atoms with van der Waals surface area (Å²) in [6.07, 6.45) is -1.56. The van der Waals surface area contributed by atoms with Crippen LogP contribution in [0.4, 0.5) is 13.2 Å². The van der Waals surface area contributed by atoms with Crippen molar-refractivity contribution in [1.82, 2.24) is 5.32 Å². The van der Waals surface area contributed by atoms with Crippen LogP contribution in [-0.2, 0) is 11.0 Å². The SMILES string of the molecule is CC1(C(N)=O)CC(NC(=O)c2ccc(C(F)(F)F)cc2Br)=CC=N1. The van der Waals surface area contributed by atoms with Gasteiger partial charge in [0.05, 0.1) is 11.1 Å². The van der Waals surface area contributed by atoms with Gasteiger partial charge in [-0.1, -0.05) is 0 Å². The molecule has 5 nitrogen and oxygen atoms in total. The smallest absolute Gasteiger partial charge is 0.368 e. The van der Waals surface area contributed by atoms with E-state index < -0.39 is 29.1 Å². The molecule has 1 aromatic carbocycles. The predicted octanol–water partition coefficient (Wildman–Crippen LogP) is 2.80. The third-order valence-electron chi connectivity index (χ3n) is 3.52. The Morgan fingerprint density at radius 1 is 1.38 bits per heavy atom. The van der Waals surface area contributed by atoms with E-state index in [-0.39, 0.29) is 16.5 Å². The number of benzene rings is 1. The number of carbonyl (C=O) groups excluding carboxylic acids is 2. The maximum atomic E-state index is 12.6. The van der Waals surface area contributed by atoms with Crippen molar-refractivity contribution in [3.8, 4) is 0 Å². The molecule has 24 heavy (non-hydrogen) atoms. The molecule has 1 heterocycles. The Morgan fingerprint density at radius 3 is 2.58 bits per heavy atom. The predicted molar refractivity (Wildman–Crippen MR) is 85.4 cm³/mol. The zero-order chi connectivity index (χ0) is 18.1. The molecule has 1 aliphatic heterocycles. The second-order valence-electron chi connectivity index (χ2n) is 5.43. The van der Waals surface area contributed by atoms with E-state index in [1.807, 2.05) is 0 Å². The van der Waals surface area contributed by atoms with Crippen molar-refractivity contribution in [2.45, 2.75) is 25.1 Å². The first-order valence-electron chi connectivity index (χ1n) is 6.75. The molecule has 128 valence electrons. The topological polar surface area (TPSA) is 84.5 Å². The van der Waals surface area contributed by atoms with Crippen molar-refractivity contribution in [1.29, 1.82) is 0 Å². The number of dihydropyridines is 1. The molecule has 1 atom stereocenters. The molecule has 0 fully saturated rings. The summed E-state index contributed by atoms with van der Waals surface area (Å²) in [5, 5.41) is 2.56. The van der Waals surface area contributed by atoms with E-state index in [1.54, 1.807) is 0 Å². The molecule has 0 radical (unpaired) electrons. The van der Waals surface area contributed by atoms with Gasteiger partial charge in [0.25, 0.3) is 5.91 Å². The summed E-state index contributed by atoms with van der Waals surface area (Å²) in [4.78, 5) is 27.7. The summed E-state index contributed by atoms with van der Waals surface area (Å²) in [6, 6.07) is 2.73. The zero-order valence-electron chi connectivity index (χ0n) is 12.4. The minimum absolute atomic E-state index is 0.0116. The number of nitrogens with zero attached hydrogens (tertiary/aromatic N) is 1. The summed E-state index contributed by atoms with van der Waals surface area (Å²) in [7, 11) is 0. The molecule has 0 bridgehead atoms. The molecule has 1 unspecified atom stereocenters. The van der Waals surface area contributed by atoms with Crippen molar-refractivity contribution in [2.24, 2.45) is 10.7 Å². The van der Waals surface area contributed by atoms with Gasteiger partial charge in [-0.05, 0) is 47.1 Å². The summed E-state index contributed by atoms with van der Waals surface area (Å²) >= 11 is 2.97. The molecule has 0 spiro atoms. The highest BCUT2D eigenvalue weighted by molar-refractivity contribution is 9.10. The van der Waals surface area contributed by atoms with Gasteiger partial charge >= 0.3 is 6.18 Å². The number of allylic oxidation sites excluding steroid dienone is 1. The second-order valence-corrected chi connectivity index (χ2v) is 6.29. The third kappa shape index (κ3) is 3.84. The standard InChI is InChI=1S/C15H13BrF3N3O2/c1-14(13(20)24)7-9(4-5-21-14)22-12(23)10-3-2-8(6-11(10)16)15(17,18)19/h2-6H,7H2,1H3,(H2,20,24)(H,22,23). The van der Waals surface area contributed by atoms with Crippen molar-refractivity contribution in [3.63, 3.8) is 0 Å². The Labute approximate surface area is 143 Å². The van der Waals surface area contributed by atoms with Crippen molar-refractivity contribution in [2.75, 3.05) is 0 Å². The molecule has 9 heteroatoms. The van der Waals surface area contributed by atoms with Crippen LogP contribution in [0, 0.1) is 0 Å². The number of aliphatic imine (C=N–C) groups is 1. The summed E-state index contributed by atoms with van der Waals surface area (Å²) < 4.78 is 37.9. The Morgan fingerprint density at radius 2 is 2.04 bits per heavy atom. The molecular weight excluding hydrogens is 391 g/mol. The van der Waals surface area contributed by atoms with Gasteiger partial charge < -0.3 is 11.1 Å². The zero-order valence-corrected chi connectivity index (χ0v) is 14.0. The lowest BCUT2D eigenvalue weighted by Gasteiger charge is -2.25. The van der Waals surface area contributed by atoms with Crippen LogP contribution < -0.4 is 11.1 Å². The number of halogens is 4. The molecule has 2 amide bonds. The number of rotatable bonds is 3. The number of hydrogen-bond donors (Lipinski definition) is 2. The molecule has 0 aromatic heterocycles. The molecule has 1 aliphatic rings. The van der Waals surface area contributed by atoms with Gasteiger partial charge in [-0.25, -0.2) is 0 Å². The number of nitrogens with one attached hydrogen (secondary N) is 1. The van der Waals surface area contributed by atoms with E-state index in [2.05, 4.69) is 26.2 Å². The Balaban J connectivity index is 2.18. The number of alkyl halides is 3. The fourth-order valence-corrected chi connectivity index (χ4v) is 2.65. The highest BCUT2D eigenvalue weighted by Crippen LogP contribution is 2.32. The van der Waals surface area contributed by atoms with E-state index in [9.17, 15) is 22.8 Å². The van der Waals surface area contributed by atoms with Crippen molar-refractivity contribution in [3.05, 3.63) is 45.6 Å². The van der Waals surface area contributed by atoms with Crippen molar-refractivity contribution >= 4 is 34.0 Å². The molecule has 1 aromatic rings. The average molecular weight is 404 g/mol. The Hall–Kier alpha value is -2.16. The first kappa shape index (κ1) is 18.2. The number of carbonyl (C=O) groups is 2. The summed E-state index contributed by atoms with van der Waals surface area (Å²) in [5.74, 6) is -1.25. The van der Waals surface area contributed by atoms with Crippen LogP contribution in [0.2, 0.25) is 0 Å². The van der Waals surface area contributed by atoms with E-state index in [1.165, 1.54) is 19.2 Å². The number of amides is 2. The Kier molecular flexibility index (Phi) is 4.84. The van der Waals surface area contributed by atoms with Gasteiger partial charge in [-0.2, -0.15) is 13.2 Å². The fourth-order valence-electron chi connectivity index (χ4n) is 2.09. The lowest BCUT2D eigenvalue weighted by molar-refractivity contribution is -0.137. The van der Waals surface area contributed by atoms with Crippen LogP contribution >= 0.6 is 15.9 Å². The molecular formula is C15H13BrF3N3O2. The summed E-state index contributed by atoms with van der Waals surface area (Å²) in [6.45, 7) is 1.53. The van der Waals surface area contributed by atoms with Gasteiger partial charge in [0, 0.05) is 22.8 Å². The van der Waals surface area contributed by atoms with Gasteiger partial charge in [0.2, 0.25) is 5.91 Å². The third-order valence-corrected chi connectivity index (χ3v) is 4.17. The number of nitrogens with two attached hydrogens (primary N) is 1. The molecule has 0 aliphatic carbocycles. The highest BCUT2D eigenvalue weighted by atomic mass is 79.9. The monoisotopic (exact) mass is 403 g/mol. The minimum Gasteiger partial charge on any atom is -0.368 e. The highest BCUT2D eigenvalue weighted by Gasteiger charge is 2.34. The van der Waals surface area contributed by atoms with E-state index in [4.69, 9.17) is 5.73 Å². The van der Waals surface area contributed by atoms with Gasteiger partial charge in [-0.3, -0.25) is 14.6 Å². The lowest BCUT2D eigenvalue weighted by atomic mass is 9.93. The number of primary amides is 1. The second kappa shape index (κ2) is 6.39. The van der Waals surface area contributed by atoms with Crippen LogP contribution in [0.5, 0.6) is 0 Å². The Bertz CT molecular complexity index is 759.